The first-order chi connectivity index (χ1) is 13.4. The number of nitrogens with one attached hydrogen (secondary N) is 1. The zero-order chi connectivity index (χ0) is 18.1. The Morgan fingerprint density at radius 2 is 1.22 bits per heavy atom. The molecule has 3 atom stereocenters. The van der Waals surface area contributed by atoms with E-state index in [4.69, 9.17) is 0 Å². The fourth-order valence-electron chi connectivity index (χ4n) is 3.98. The molecule has 1 aromatic heterocycles. The molecule has 4 heteroatoms. The summed E-state index contributed by atoms with van der Waals surface area (Å²) in [5.41, 5.74) is 5.01. The Morgan fingerprint density at radius 1 is 0.667 bits per heavy atom. The molecule has 0 fully saturated rings. The third-order valence-electron chi connectivity index (χ3n) is 5.23. The summed E-state index contributed by atoms with van der Waals surface area (Å²) >= 11 is 0.0531. The van der Waals surface area contributed by atoms with Crippen molar-refractivity contribution in [1.82, 2.24) is 14.5 Å². The van der Waals surface area contributed by atoms with E-state index in [2.05, 4.69) is 106 Å². The van der Waals surface area contributed by atoms with Crippen molar-refractivity contribution in [2.24, 2.45) is 0 Å². The van der Waals surface area contributed by atoms with Gasteiger partial charge in [0, 0.05) is 0 Å². The standard InChI is InChI=1S/C23H19N3Se/c1-4-10-16(11-5-1)19-20(17-12-6-2-7-13-17)24-21(18-14-8-3-9-15-18)23-22(19)25-26-27-23/h1-15,19-21,24H. The monoisotopic (exact) mass is 417 g/mol. The van der Waals surface area contributed by atoms with E-state index < -0.39 is 0 Å². The molecule has 0 saturated carbocycles. The van der Waals surface area contributed by atoms with Crippen molar-refractivity contribution >= 4 is 14.7 Å². The average Bonchev–Trinajstić information content (AvgIpc) is 3.24. The second-order valence-electron chi connectivity index (χ2n) is 6.81. The molecule has 4 aromatic rings. The number of rotatable bonds is 3. The van der Waals surface area contributed by atoms with Crippen molar-refractivity contribution in [3.05, 3.63) is 118 Å². The third kappa shape index (κ3) is 3.06. The number of hydrogen-bond donors (Lipinski definition) is 1. The zero-order valence-corrected chi connectivity index (χ0v) is 16.4. The quantitative estimate of drug-likeness (QED) is 0.511. The van der Waals surface area contributed by atoms with E-state index in [0.717, 1.165) is 5.69 Å². The summed E-state index contributed by atoms with van der Waals surface area (Å²) < 4.78 is 5.84. The van der Waals surface area contributed by atoms with E-state index >= 15 is 0 Å². The minimum atomic E-state index is 0.0531. The molecule has 3 nitrogen and oxygen atoms in total. The molecule has 0 spiro atoms. The Kier molecular flexibility index (Phi) is 4.46. The topological polar surface area (TPSA) is 37.8 Å². The van der Waals surface area contributed by atoms with Crippen LogP contribution >= 0.6 is 0 Å². The zero-order valence-electron chi connectivity index (χ0n) is 14.7. The Bertz CT molecular complexity index is 1020. The van der Waals surface area contributed by atoms with E-state index in [0.29, 0.717) is 0 Å². The fraction of sp³-hybridized carbons (Fsp3) is 0.130. The number of hydrogen-bond acceptors (Lipinski definition) is 3. The van der Waals surface area contributed by atoms with E-state index in [1.165, 1.54) is 21.1 Å². The van der Waals surface area contributed by atoms with Gasteiger partial charge >= 0.3 is 165 Å². The van der Waals surface area contributed by atoms with Gasteiger partial charge in [0.05, 0.1) is 0 Å². The molecule has 5 rings (SSSR count). The van der Waals surface area contributed by atoms with Crippen LogP contribution in [0.2, 0.25) is 0 Å². The molecular formula is C23H19N3Se. The molecule has 3 unspecified atom stereocenters. The average molecular weight is 416 g/mol. The summed E-state index contributed by atoms with van der Waals surface area (Å²) in [6.45, 7) is 0. The van der Waals surface area contributed by atoms with Crippen LogP contribution in [0.25, 0.3) is 0 Å². The van der Waals surface area contributed by atoms with Crippen molar-refractivity contribution in [2.45, 2.75) is 18.0 Å². The van der Waals surface area contributed by atoms with Crippen molar-refractivity contribution in [3.63, 3.8) is 0 Å². The first-order valence-electron chi connectivity index (χ1n) is 9.15. The summed E-state index contributed by atoms with van der Waals surface area (Å²) in [7, 11) is 0. The Labute approximate surface area is 165 Å². The van der Waals surface area contributed by atoms with Gasteiger partial charge < -0.3 is 0 Å². The van der Waals surface area contributed by atoms with Crippen LogP contribution in [0.4, 0.5) is 0 Å². The number of fused-ring (bicyclic) bond motifs is 1. The van der Waals surface area contributed by atoms with Crippen LogP contribution in [-0.4, -0.2) is 23.9 Å². The third-order valence-corrected chi connectivity index (χ3v) is 6.92. The second-order valence-corrected chi connectivity index (χ2v) is 8.46. The molecule has 3 aromatic carbocycles. The summed E-state index contributed by atoms with van der Waals surface area (Å²) in [5.74, 6) is 0.177. The molecule has 27 heavy (non-hydrogen) atoms. The van der Waals surface area contributed by atoms with Gasteiger partial charge in [0.25, 0.3) is 0 Å². The molecule has 0 saturated heterocycles. The van der Waals surface area contributed by atoms with Gasteiger partial charge in [-0.05, 0) is 0 Å². The first kappa shape index (κ1) is 16.6. The summed E-state index contributed by atoms with van der Waals surface area (Å²) in [5, 5.41) is 8.60. The molecule has 1 aliphatic heterocycles. The summed E-state index contributed by atoms with van der Waals surface area (Å²) in [6.07, 6.45) is 0. The van der Waals surface area contributed by atoms with Crippen LogP contribution in [0, 0.1) is 0 Å². The molecule has 0 radical (unpaired) electrons. The van der Waals surface area contributed by atoms with Crippen LogP contribution in [0.5, 0.6) is 0 Å². The van der Waals surface area contributed by atoms with Crippen molar-refractivity contribution in [3.8, 4) is 0 Å². The predicted molar refractivity (Wildman–Crippen MR) is 108 cm³/mol. The van der Waals surface area contributed by atoms with Gasteiger partial charge in [-0.2, -0.15) is 0 Å². The minimum absolute atomic E-state index is 0.0531. The van der Waals surface area contributed by atoms with Crippen LogP contribution in [-0.2, 0) is 0 Å². The fourth-order valence-corrected chi connectivity index (χ4v) is 5.64. The van der Waals surface area contributed by atoms with Gasteiger partial charge in [0.15, 0.2) is 0 Å². The van der Waals surface area contributed by atoms with Gasteiger partial charge in [-0.3, -0.25) is 0 Å². The molecule has 132 valence electrons. The van der Waals surface area contributed by atoms with Crippen molar-refractivity contribution in [1.29, 1.82) is 0 Å². The van der Waals surface area contributed by atoms with Crippen LogP contribution < -0.4 is 5.32 Å². The van der Waals surface area contributed by atoms with Gasteiger partial charge in [0.2, 0.25) is 0 Å². The van der Waals surface area contributed by atoms with E-state index in [1.54, 1.807) is 0 Å². The predicted octanol–water partition coefficient (Wildman–Crippen LogP) is 4.10. The van der Waals surface area contributed by atoms with Gasteiger partial charge in [0.1, 0.15) is 0 Å². The maximum atomic E-state index is 4.66. The number of benzene rings is 3. The van der Waals surface area contributed by atoms with E-state index in [9.17, 15) is 0 Å². The molecule has 0 bridgehead atoms. The maximum absolute atomic E-state index is 4.66. The summed E-state index contributed by atoms with van der Waals surface area (Å²) in [6, 6.07) is 32.4. The van der Waals surface area contributed by atoms with E-state index in [1.807, 2.05) is 0 Å². The molecule has 0 amide bonds. The molecule has 2 heterocycles. The SMILES string of the molecule is c1ccc(C2NC(c3ccccc3)C(c3ccccc3)c3nn[se]c32)cc1. The normalized spacial score (nSPS) is 21.6. The Hall–Kier alpha value is -2.52. The van der Waals surface area contributed by atoms with Gasteiger partial charge in [-0.25, -0.2) is 0 Å². The van der Waals surface area contributed by atoms with Crippen LogP contribution in [0.15, 0.2) is 91.0 Å². The molecule has 1 N–H and O–H groups in total. The van der Waals surface area contributed by atoms with Crippen molar-refractivity contribution < 1.29 is 0 Å². The summed E-state index contributed by atoms with van der Waals surface area (Å²) in [4.78, 5) is 0. The van der Waals surface area contributed by atoms with Gasteiger partial charge in [-0.1, -0.05) is 0 Å². The number of aromatic nitrogens is 2. The molecule has 1 aliphatic rings. The number of nitrogens with zero attached hydrogens (tertiary/aromatic N) is 2. The second kappa shape index (κ2) is 7.24. The van der Waals surface area contributed by atoms with E-state index in [-0.39, 0.29) is 32.7 Å². The van der Waals surface area contributed by atoms with Crippen LogP contribution in [0.1, 0.15) is 44.8 Å². The Morgan fingerprint density at radius 3 is 1.85 bits per heavy atom. The first-order valence-corrected chi connectivity index (χ1v) is 10.8. The van der Waals surface area contributed by atoms with Crippen LogP contribution in [0.3, 0.4) is 0 Å². The molecule has 0 aliphatic carbocycles. The molecular weight excluding hydrogens is 397 g/mol. The van der Waals surface area contributed by atoms with Crippen molar-refractivity contribution in [2.75, 3.05) is 0 Å². The Balaban J connectivity index is 1.68. The van der Waals surface area contributed by atoms with Gasteiger partial charge in [-0.15, -0.1) is 0 Å².